The second-order valence-corrected chi connectivity index (χ2v) is 7.75. The van der Waals surface area contributed by atoms with Crippen molar-refractivity contribution in [3.63, 3.8) is 0 Å². The highest BCUT2D eigenvalue weighted by molar-refractivity contribution is 5.90. The number of benzene rings is 1. The van der Waals surface area contributed by atoms with Crippen LogP contribution >= 0.6 is 0 Å². The summed E-state index contributed by atoms with van der Waals surface area (Å²) in [6, 6.07) is 10.3. The Labute approximate surface area is 213 Å². The fraction of sp³-hybridized carbons (Fsp3) is 0.586. The van der Waals surface area contributed by atoms with Gasteiger partial charge in [-0.05, 0) is 51.5 Å². The molecule has 1 aliphatic rings. The monoisotopic (exact) mass is 493 g/mol. The maximum absolute atomic E-state index is 11.0. The summed E-state index contributed by atoms with van der Waals surface area (Å²) < 4.78 is 0. The zero-order valence-electron chi connectivity index (χ0n) is 22.9. The van der Waals surface area contributed by atoms with Gasteiger partial charge in [-0.1, -0.05) is 94.4 Å². The van der Waals surface area contributed by atoms with Crippen LogP contribution in [-0.2, 0) is 11.2 Å². The Morgan fingerprint density at radius 2 is 1.69 bits per heavy atom. The second kappa shape index (κ2) is 23.5. The minimum Gasteiger partial charge on any atom is -0.412 e. The molecule has 6 heteroatoms. The van der Waals surface area contributed by atoms with Crippen molar-refractivity contribution >= 4 is 12.0 Å². The molecule has 0 radical (unpaired) electrons. The number of aryl methyl sites for hydroxylation is 1. The fourth-order valence-electron chi connectivity index (χ4n) is 3.85. The number of carbonyl (C=O) groups excluding carboxylic acids is 1. The Morgan fingerprint density at radius 3 is 2.17 bits per heavy atom. The number of allylic oxidation sites excluding steroid dienone is 3. The average molecular weight is 494 g/mol. The first-order valence-electron chi connectivity index (χ1n) is 12.8. The van der Waals surface area contributed by atoms with Gasteiger partial charge in [0.25, 0.3) is 0 Å². The van der Waals surface area contributed by atoms with E-state index in [0.29, 0.717) is 25.0 Å². The Hall–Kier alpha value is -2.28. The van der Waals surface area contributed by atoms with E-state index in [0.717, 1.165) is 25.5 Å². The van der Waals surface area contributed by atoms with Crippen molar-refractivity contribution in [1.29, 1.82) is 0 Å². The largest absolute Gasteiger partial charge is 0.412 e. The van der Waals surface area contributed by atoms with Crippen LogP contribution in [0.4, 0.5) is 0 Å². The van der Waals surface area contributed by atoms with Gasteiger partial charge in [-0.15, -0.1) is 0 Å². The summed E-state index contributed by atoms with van der Waals surface area (Å²) in [6.07, 6.45) is 12.3. The van der Waals surface area contributed by atoms with E-state index in [2.05, 4.69) is 17.3 Å². The fourth-order valence-corrected chi connectivity index (χ4v) is 3.85. The smallest absolute Gasteiger partial charge is 0.116 e. The summed E-state index contributed by atoms with van der Waals surface area (Å²) >= 11 is 0. The lowest BCUT2D eigenvalue weighted by molar-refractivity contribution is -0.106. The lowest BCUT2D eigenvalue weighted by Crippen LogP contribution is -2.26. The third-order valence-electron chi connectivity index (χ3n) is 5.67. The van der Waals surface area contributed by atoms with Crippen LogP contribution in [0.25, 0.3) is 0 Å². The van der Waals surface area contributed by atoms with Crippen LogP contribution in [0.15, 0.2) is 59.8 Å². The number of aliphatic hydroxyl groups is 2. The molecule has 0 saturated heterocycles. The van der Waals surface area contributed by atoms with Crippen molar-refractivity contribution in [1.82, 2.24) is 0 Å². The van der Waals surface area contributed by atoms with Crippen LogP contribution in [0.5, 0.6) is 0 Å². The zero-order chi connectivity index (χ0) is 26.4. The predicted molar refractivity (Wildman–Crippen MR) is 148 cm³/mol. The molecule has 0 amide bonds. The Bertz CT molecular complexity index is 702. The van der Waals surface area contributed by atoms with Crippen LogP contribution in [0.1, 0.15) is 86.1 Å². The summed E-state index contributed by atoms with van der Waals surface area (Å²) in [4.78, 5) is 8.81. The second-order valence-electron chi connectivity index (χ2n) is 7.75. The maximum atomic E-state index is 11.0. The van der Waals surface area contributed by atoms with Crippen LogP contribution in [0.3, 0.4) is 0 Å². The number of aliphatic hydroxyl groups excluding tert-OH is 1. The van der Waals surface area contributed by atoms with Crippen LogP contribution in [0, 0.1) is 11.8 Å². The Morgan fingerprint density at radius 1 is 1.11 bits per heavy atom. The molecule has 4 atom stereocenters. The van der Waals surface area contributed by atoms with Crippen molar-refractivity contribution in [3.8, 4) is 0 Å². The van der Waals surface area contributed by atoms with Crippen molar-refractivity contribution in [3.05, 3.63) is 60.2 Å². The summed E-state index contributed by atoms with van der Waals surface area (Å²) in [5, 5.41) is 34.0. The number of oxime groups is 1. The molecule has 35 heavy (non-hydrogen) atoms. The first-order chi connectivity index (χ1) is 16.4. The number of aldehydes is 1. The van der Waals surface area contributed by atoms with Crippen molar-refractivity contribution < 1.29 is 25.7 Å². The zero-order valence-corrected chi connectivity index (χ0v) is 22.9. The van der Waals surface area contributed by atoms with E-state index in [4.69, 9.17) is 4.79 Å². The molecule has 5 N–H and O–H groups in total. The van der Waals surface area contributed by atoms with Gasteiger partial charge < -0.3 is 25.7 Å². The van der Waals surface area contributed by atoms with Gasteiger partial charge in [0.05, 0.1) is 17.4 Å². The molecule has 0 heterocycles. The van der Waals surface area contributed by atoms with Gasteiger partial charge in [-0.2, -0.15) is 0 Å². The van der Waals surface area contributed by atoms with Crippen LogP contribution < -0.4 is 0 Å². The SMILES string of the molecule is C/C=C\C[C@H]1[C@@H](O)C/C(=N/O)[C@@H]1/C=C/C(O)(CC)CCCc1ccccc1.CC.CC.CC=O.O. The average Bonchev–Trinajstić information content (AvgIpc) is 3.19. The lowest BCUT2D eigenvalue weighted by atomic mass is 9.86. The molecule has 0 aliphatic heterocycles. The molecule has 1 fully saturated rings. The third-order valence-corrected chi connectivity index (χ3v) is 5.67. The van der Waals surface area contributed by atoms with E-state index in [1.807, 2.05) is 84.0 Å². The number of carbonyl (C=O) groups is 1. The molecular formula is C29H51NO5. The van der Waals surface area contributed by atoms with Gasteiger partial charge in [-0.3, -0.25) is 0 Å². The number of hydrogen-bond acceptors (Lipinski definition) is 5. The molecule has 202 valence electrons. The minimum atomic E-state index is -0.881. The van der Waals surface area contributed by atoms with E-state index in [9.17, 15) is 15.4 Å². The van der Waals surface area contributed by atoms with E-state index in [1.165, 1.54) is 12.5 Å². The molecule has 2 rings (SSSR count). The molecule has 0 spiro atoms. The first kappa shape index (κ1) is 37.3. The van der Waals surface area contributed by atoms with Crippen molar-refractivity contribution in [2.24, 2.45) is 17.0 Å². The summed E-state index contributed by atoms with van der Waals surface area (Å²) in [5.74, 6) is -0.165. The van der Waals surface area contributed by atoms with Gasteiger partial charge in [0.15, 0.2) is 0 Å². The van der Waals surface area contributed by atoms with Crippen LogP contribution in [-0.4, -0.2) is 44.6 Å². The highest BCUT2D eigenvalue weighted by Gasteiger charge is 2.38. The van der Waals surface area contributed by atoms with E-state index in [-0.39, 0.29) is 17.3 Å². The Balaban J connectivity index is -0.00000116. The van der Waals surface area contributed by atoms with Crippen molar-refractivity contribution in [2.45, 2.75) is 98.7 Å². The van der Waals surface area contributed by atoms with Gasteiger partial charge in [0, 0.05) is 18.3 Å². The Kier molecular flexibility index (Phi) is 25.0. The molecule has 1 aliphatic carbocycles. The van der Waals surface area contributed by atoms with Gasteiger partial charge in [0.2, 0.25) is 0 Å². The number of rotatable bonds is 9. The summed E-state index contributed by atoms with van der Waals surface area (Å²) in [6.45, 7) is 13.4. The highest BCUT2D eigenvalue weighted by Crippen LogP contribution is 2.35. The van der Waals surface area contributed by atoms with Crippen molar-refractivity contribution in [2.75, 3.05) is 0 Å². The molecule has 1 unspecified atom stereocenters. The van der Waals surface area contributed by atoms with E-state index in [1.54, 1.807) is 0 Å². The maximum Gasteiger partial charge on any atom is 0.116 e. The molecular weight excluding hydrogens is 442 g/mol. The standard InChI is InChI=1S/C23H33NO3.C2H4O.2C2H6.H2O/c1-3-5-13-20-19(21(24-27)17-22(20)25)14-16-23(26,4-2)15-9-12-18-10-7-6-8-11-18;1-2-3;2*1-2;/h3,5-8,10-11,14,16,19-20,22,25-27H,4,9,12-13,15,17H2,1-2H3;2H,1H3;2*1-2H3;1H2/b5-3-,16-14+,24-21-;;;;/t19-,20-,22+,23?;;;;/m1..../s1. The third kappa shape index (κ3) is 14.7. The topological polar surface area (TPSA) is 122 Å². The van der Waals surface area contributed by atoms with Gasteiger partial charge in [-0.25, -0.2) is 0 Å². The molecule has 1 aromatic rings. The highest BCUT2D eigenvalue weighted by atomic mass is 16.4. The number of hydrogen-bond donors (Lipinski definition) is 3. The quantitative estimate of drug-likeness (QED) is 0.171. The summed E-state index contributed by atoms with van der Waals surface area (Å²) in [7, 11) is 0. The van der Waals surface area contributed by atoms with Crippen LogP contribution in [0.2, 0.25) is 0 Å². The molecule has 1 aromatic carbocycles. The summed E-state index contributed by atoms with van der Waals surface area (Å²) in [5.41, 5.74) is 0.990. The molecule has 0 aromatic heterocycles. The molecule has 0 bridgehead atoms. The van der Waals surface area contributed by atoms with E-state index < -0.39 is 11.7 Å². The van der Waals surface area contributed by atoms with Gasteiger partial charge in [0.1, 0.15) is 6.29 Å². The minimum absolute atomic E-state index is 0. The first-order valence-corrected chi connectivity index (χ1v) is 12.8. The normalized spacial score (nSPS) is 21.5. The molecule has 6 nitrogen and oxygen atoms in total. The number of nitrogens with zero attached hydrogens (tertiary/aromatic N) is 1. The predicted octanol–water partition coefficient (Wildman–Crippen LogP) is 5.93. The van der Waals surface area contributed by atoms with E-state index >= 15 is 0 Å². The lowest BCUT2D eigenvalue weighted by Gasteiger charge is -2.25. The molecule has 1 saturated carbocycles. The van der Waals surface area contributed by atoms with Gasteiger partial charge >= 0.3 is 0 Å².